The molecule has 0 aliphatic carbocycles. The fourth-order valence-electron chi connectivity index (χ4n) is 4.82. The molecule has 0 atom stereocenters. The largest absolute Gasteiger partial charge is 0.365 e. The van der Waals surface area contributed by atoms with E-state index in [0.29, 0.717) is 41.6 Å². The number of anilines is 1. The highest BCUT2D eigenvalue weighted by molar-refractivity contribution is 5.87. The summed E-state index contributed by atoms with van der Waals surface area (Å²) in [5, 5.41) is 13.9. The number of aromatic nitrogens is 3. The third-order valence-electron chi connectivity index (χ3n) is 6.89. The van der Waals surface area contributed by atoms with Crippen LogP contribution in [0.5, 0.6) is 0 Å². The highest BCUT2D eigenvalue weighted by Gasteiger charge is 2.39. The monoisotopic (exact) mass is 482 g/mol. The van der Waals surface area contributed by atoms with E-state index in [1.54, 1.807) is 6.92 Å². The highest BCUT2D eigenvalue weighted by atomic mass is 19.3. The lowest BCUT2D eigenvalue weighted by atomic mass is 9.73. The summed E-state index contributed by atoms with van der Waals surface area (Å²) in [4.78, 5) is 16.0. The topological polar surface area (TPSA) is 77.7 Å². The Kier molecular flexibility index (Phi) is 6.95. The molecule has 3 aromatic rings. The van der Waals surface area contributed by atoms with Crippen molar-refractivity contribution < 1.29 is 13.2 Å². The Bertz CT molecular complexity index is 1280. The number of hydrogen-bond donors (Lipinski definition) is 1. The molecule has 1 aliphatic rings. The van der Waals surface area contributed by atoms with Crippen LogP contribution in [0.1, 0.15) is 61.3 Å². The number of likely N-dealkylation sites (tertiary alicyclic amines) is 1. The number of nitrogens with one attached hydrogen (secondary N) is 1. The first-order chi connectivity index (χ1) is 16.6. The standard InChI is InChI=1S/C26H29F3N6/c1-15(2)35-10-8-26(14-30,9-11-35)21-12-20-24(33-17(4)34-25(20)32-16(21)3)31-13-18-6-5-7-19(22(18)27)23(28)29/h5-7,12,15,23H,8-11,13H2,1-4H3,(H,31,32,33,34). The predicted molar refractivity (Wildman–Crippen MR) is 129 cm³/mol. The van der Waals surface area contributed by atoms with Crippen molar-refractivity contribution in [2.45, 2.75) is 65.0 Å². The maximum absolute atomic E-state index is 14.6. The van der Waals surface area contributed by atoms with Crippen LogP contribution in [-0.4, -0.2) is 39.0 Å². The van der Waals surface area contributed by atoms with Gasteiger partial charge in [0.2, 0.25) is 0 Å². The first-order valence-electron chi connectivity index (χ1n) is 11.8. The third kappa shape index (κ3) is 4.80. The SMILES string of the molecule is Cc1nc(NCc2cccc(C(F)F)c2F)c2cc(C3(C#N)CCN(C(C)C)CC3)c(C)nc2n1. The molecule has 4 rings (SSSR count). The van der Waals surface area contributed by atoms with Crippen molar-refractivity contribution in [3.63, 3.8) is 0 Å². The molecule has 0 bridgehead atoms. The molecule has 1 aromatic carbocycles. The molecule has 2 aromatic heterocycles. The number of alkyl halides is 2. The Labute approximate surface area is 203 Å². The van der Waals surface area contributed by atoms with Crippen molar-refractivity contribution in [1.29, 1.82) is 5.26 Å². The van der Waals surface area contributed by atoms with Crippen LogP contribution in [0.25, 0.3) is 11.0 Å². The van der Waals surface area contributed by atoms with E-state index in [1.165, 1.54) is 12.1 Å². The minimum absolute atomic E-state index is 0.0338. The van der Waals surface area contributed by atoms with Crippen LogP contribution in [0.4, 0.5) is 19.0 Å². The molecule has 184 valence electrons. The molecule has 3 heterocycles. The number of fused-ring (bicyclic) bond motifs is 1. The molecule has 0 radical (unpaired) electrons. The number of aryl methyl sites for hydroxylation is 2. The molecule has 35 heavy (non-hydrogen) atoms. The first-order valence-corrected chi connectivity index (χ1v) is 11.8. The summed E-state index contributed by atoms with van der Waals surface area (Å²) in [6.07, 6.45) is -1.51. The molecule has 0 unspecified atom stereocenters. The lowest BCUT2D eigenvalue weighted by molar-refractivity contribution is 0.146. The second-order valence-electron chi connectivity index (χ2n) is 9.41. The van der Waals surface area contributed by atoms with Gasteiger partial charge in [-0.15, -0.1) is 0 Å². The average Bonchev–Trinajstić information content (AvgIpc) is 2.82. The van der Waals surface area contributed by atoms with Crippen LogP contribution >= 0.6 is 0 Å². The van der Waals surface area contributed by atoms with E-state index in [2.05, 4.69) is 40.1 Å². The van der Waals surface area contributed by atoms with Crippen LogP contribution in [0, 0.1) is 31.0 Å². The van der Waals surface area contributed by atoms with E-state index in [1.807, 2.05) is 13.0 Å². The molecule has 0 spiro atoms. The van der Waals surface area contributed by atoms with E-state index in [4.69, 9.17) is 4.98 Å². The Morgan fingerprint density at radius 3 is 2.49 bits per heavy atom. The number of halogens is 3. The molecule has 1 fully saturated rings. The average molecular weight is 483 g/mol. The Balaban J connectivity index is 1.72. The van der Waals surface area contributed by atoms with Crippen LogP contribution in [0.2, 0.25) is 0 Å². The number of benzene rings is 1. The van der Waals surface area contributed by atoms with Gasteiger partial charge in [0.25, 0.3) is 6.43 Å². The number of nitriles is 1. The van der Waals surface area contributed by atoms with E-state index < -0.39 is 23.2 Å². The molecule has 0 saturated carbocycles. The van der Waals surface area contributed by atoms with Gasteiger partial charge in [-0.25, -0.2) is 28.1 Å². The lowest BCUT2D eigenvalue weighted by Crippen LogP contribution is -2.45. The van der Waals surface area contributed by atoms with Crippen molar-refractivity contribution >= 4 is 16.9 Å². The zero-order valence-electron chi connectivity index (χ0n) is 20.4. The zero-order valence-corrected chi connectivity index (χ0v) is 20.4. The maximum Gasteiger partial charge on any atom is 0.266 e. The van der Waals surface area contributed by atoms with Crippen LogP contribution < -0.4 is 5.32 Å². The molecular weight excluding hydrogens is 453 g/mol. The summed E-state index contributed by atoms with van der Waals surface area (Å²) in [6, 6.07) is 8.85. The number of piperidine rings is 1. The molecule has 1 aliphatic heterocycles. The van der Waals surface area contributed by atoms with E-state index in [0.717, 1.165) is 30.4 Å². The Hall–Kier alpha value is -3.25. The fourth-order valence-corrected chi connectivity index (χ4v) is 4.82. The summed E-state index contributed by atoms with van der Waals surface area (Å²) in [5.41, 5.74) is 0.875. The summed E-state index contributed by atoms with van der Waals surface area (Å²) in [5.74, 6) is -0.0300. The first kappa shape index (κ1) is 24.9. The quantitative estimate of drug-likeness (QED) is 0.493. The fraction of sp³-hybridized carbons (Fsp3) is 0.462. The van der Waals surface area contributed by atoms with Gasteiger partial charge in [-0.1, -0.05) is 18.2 Å². The van der Waals surface area contributed by atoms with Crippen molar-refractivity contribution in [2.75, 3.05) is 18.4 Å². The van der Waals surface area contributed by atoms with Gasteiger partial charge in [0, 0.05) is 36.9 Å². The third-order valence-corrected chi connectivity index (χ3v) is 6.89. The normalized spacial score (nSPS) is 16.1. The van der Waals surface area contributed by atoms with Crippen molar-refractivity contribution in [1.82, 2.24) is 19.9 Å². The smallest absolute Gasteiger partial charge is 0.266 e. The van der Waals surface area contributed by atoms with E-state index in [-0.39, 0.29) is 12.1 Å². The minimum Gasteiger partial charge on any atom is -0.365 e. The molecule has 0 amide bonds. The molecule has 1 saturated heterocycles. The van der Waals surface area contributed by atoms with Crippen molar-refractivity contribution in [2.24, 2.45) is 0 Å². The van der Waals surface area contributed by atoms with Crippen LogP contribution in [-0.2, 0) is 12.0 Å². The maximum atomic E-state index is 14.6. The molecule has 6 nitrogen and oxygen atoms in total. The predicted octanol–water partition coefficient (Wildman–Crippen LogP) is 5.60. The van der Waals surface area contributed by atoms with Gasteiger partial charge < -0.3 is 10.2 Å². The summed E-state index contributed by atoms with van der Waals surface area (Å²) in [6.45, 7) is 9.52. The molecule has 1 N–H and O–H groups in total. The number of hydrogen-bond acceptors (Lipinski definition) is 6. The number of rotatable bonds is 6. The minimum atomic E-state index is -2.89. The van der Waals surface area contributed by atoms with Crippen molar-refractivity contribution in [3.05, 3.63) is 58.3 Å². The summed E-state index contributed by atoms with van der Waals surface area (Å²) in [7, 11) is 0. The van der Waals surface area contributed by atoms with Gasteiger partial charge in [-0.2, -0.15) is 5.26 Å². The van der Waals surface area contributed by atoms with Gasteiger partial charge in [0.15, 0.2) is 5.65 Å². The summed E-state index contributed by atoms with van der Waals surface area (Å²) < 4.78 is 40.8. The number of nitrogens with zero attached hydrogens (tertiary/aromatic N) is 5. The van der Waals surface area contributed by atoms with Gasteiger partial charge in [0.05, 0.1) is 22.4 Å². The highest BCUT2D eigenvalue weighted by Crippen LogP contribution is 2.38. The zero-order chi connectivity index (χ0) is 25.3. The second-order valence-corrected chi connectivity index (χ2v) is 9.41. The van der Waals surface area contributed by atoms with Gasteiger partial charge in [-0.3, -0.25) is 0 Å². The second kappa shape index (κ2) is 9.78. The van der Waals surface area contributed by atoms with Crippen LogP contribution in [0.3, 0.4) is 0 Å². The van der Waals surface area contributed by atoms with Crippen LogP contribution in [0.15, 0.2) is 24.3 Å². The number of pyridine rings is 1. The van der Waals surface area contributed by atoms with E-state index >= 15 is 0 Å². The van der Waals surface area contributed by atoms with E-state index in [9.17, 15) is 18.4 Å². The van der Waals surface area contributed by atoms with Gasteiger partial charge in [0.1, 0.15) is 17.5 Å². The Morgan fingerprint density at radius 2 is 1.86 bits per heavy atom. The van der Waals surface area contributed by atoms with Gasteiger partial charge in [-0.05, 0) is 52.2 Å². The van der Waals surface area contributed by atoms with Gasteiger partial charge >= 0.3 is 0 Å². The van der Waals surface area contributed by atoms with Crippen molar-refractivity contribution in [3.8, 4) is 6.07 Å². The lowest BCUT2D eigenvalue weighted by Gasteiger charge is -2.40. The molecule has 9 heteroatoms. The molecular formula is C26H29F3N6. The summed E-state index contributed by atoms with van der Waals surface area (Å²) >= 11 is 0. The Morgan fingerprint density at radius 1 is 1.14 bits per heavy atom.